The van der Waals surface area contributed by atoms with E-state index in [-0.39, 0.29) is 5.92 Å². The molecule has 0 saturated heterocycles. The fourth-order valence-corrected chi connectivity index (χ4v) is 2.26. The molecule has 0 spiro atoms. The standard InChI is InChI=1S/C16H21NO3/c1-3-12-7-8-15(20-12)16(18)14(10-17)11-5-4-6-13(9-11)19-2/h4-9,14,16,18H,3,10,17H2,1-2H3. The van der Waals surface area contributed by atoms with Gasteiger partial charge in [0.15, 0.2) is 0 Å². The van der Waals surface area contributed by atoms with Crippen LogP contribution in [0.4, 0.5) is 0 Å². The molecule has 0 amide bonds. The highest BCUT2D eigenvalue weighted by Gasteiger charge is 2.24. The van der Waals surface area contributed by atoms with Crippen LogP contribution in [-0.2, 0) is 6.42 Å². The normalized spacial score (nSPS) is 14.0. The van der Waals surface area contributed by atoms with E-state index in [0.717, 1.165) is 23.5 Å². The van der Waals surface area contributed by atoms with Gasteiger partial charge in [-0.1, -0.05) is 19.1 Å². The van der Waals surface area contributed by atoms with Crippen LogP contribution >= 0.6 is 0 Å². The summed E-state index contributed by atoms with van der Waals surface area (Å²) in [6.07, 6.45) is 0.0477. The maximum atomic E-state index is 10.5. The molecule has 4 heteroatoms. The van der Waals surface area contributed by atoms with Crippen LogP contribution in [0.3, 0.4) is 0 Å². The largest absolute Gasteiger partial charge is 0.497 e. The molecule has 0 aliphatic carbocycles. The predicted molar refractivity (Wildman–Crippen MR) is 77.8 cm³/mol. The minimum Gasteiger partial charge on any atom is -0.497 e. The molecule has 0 radical (unpaired) electrons. The highest BCUT2D eigenvalue weighted by atomic mass is 16.5. The van der Waals surface area contributed by atoms with E-state index in [1.807, 2.05) is 43.3 Å². The molecule has 108 valence electrons. The van der Waals surface area contributed by atoms with Crippen molar-refractivity contribution >= 4 is 0 Å². The average molecular weight is 275 g/mol. The van der Waals surface area contributed by atoms with Gasteiger partial charge >= 0.3 is 0 Å². The topological polar surface area (TPSA) is 68.6 Å². The van der Waals surface area contributed by atoms with Crippen LogP contribution in [-0.4, -0.2) is 18.8 Å². The molecule has 4 nitrogen and oxygen atoms in total. The van der Waals surface area contributed by atoms with E-state index >= 15 is 0 Å². The number of aliphatic hydroxyl groups excluding tert-OH is 1. The molecular weight excluding hydrogens is 254 g/mol. The van der Waals surface area contributed by atoms with Crippen molar-refractivity contribution in [1.29, 1.82) is 0 Å². The highest BCUT2D eigenvalue weighted by molar-refractivity contribution is 5.32. The predicted octanol–water partition coefficient (Wildman–Crippen LogP) is 2.63. The Bertz CT molecular complexity index is 550. The molecule has 0 aliphatic rings. The van der Waals surface area contributed by atoms with E-state index in [1.165, 1.54) is 0 Å². The summed E-state index contributed by atoms with van der Waals surface area (Å²) in [5.41, 5.74) is 6.77. The van der Waals surface area contributed by atoms with Gasteiger partial charge in [0.2, 0.25) is 0 Å². The summed E-state index contributed by atoms with van der Waals surface area (Å²) in [5, 5.41) is 10.5. The third kappa shape index (κ3) is 3.03. The van der Waals surface area contributed by atoms with Crippen LogP contribution in [0.15, 0.2) is 40.8 Å². The van der Waals surface area contributed by atoms with Crippen LogP contribution in [0.5, 0.6) is 5.75 Å². The fraction of sp³-hybridized carbons (Fsp3) is 0.375. The summed E-state index contributed by atoms with van der Waals surface area (Å²) >= 11 is 0. The second kappa shape index (κ2) is 6.59. The van der Waals surface area contributed by atoms with Crippen LogP contribution in [0.1, 0.15) is 36.0 Å². The Balaban J connectivity index is 2.26. The lowest BCUT2D eigenvalue weighted by Crippen LogP contribution is -2.19. The van der Waals surface area contributed by atoms with Gasteiger partial charge in [-0.15, -0.1) is 0 Å². The minimum atomic E-state index is -0.757. The number of aryl methyl sites for hydroxylation is 1. The summed E-state index contributed by atoms with van der Waals surface area (Å²) in [5.74, 6) is 1.95. The SMILES string of the molecule is CCc1ccc(C(O)C(CN)c2cccc(OC)c2)o1. The monoisotopic (exact) mass is 275 g/mol. The van der Waals surface area contributed by atoms with E-state index in [4.69, 9.17) is 14.9 Å². The van der Waals surface area contributed by atoms with E-state index in [2.05, 4.69) is 0 Å². The molecule has 20 heavy (non-hydrogen) atoms. The molecular formula is C16H21NO3. The molecule has 0 saturated carbocycles. The maximum Gasteiger partial charge on any atom is 0.133 e. The molecule has 3 N–H and O–H groups in total. The van der Waals surface area contributed by atoms with Crippen molar-refractivity contribution < 1.29 is 14.3 Å². The number of aliphatic hydroxyl groups is 1. The Labute approximate surface area is 119 Å². The summed E-state index contributed by atoms with van der Waals surface area (Å²) in [4.78, 5) is 0. The second-order valence-electron chi connectivity index (χ2n) is 4.72. The first-order chi connectivity index (χ1) is 9.69. The minimum absolute atomic E-state index is 0.221. The molecule has 0 fully saturated rings. The van der Waals surface area contributed by atoms with Crippen LogP contribution < -0.4 is 10.5 Å². The van der Waals surface area contributed by atoms with Crippen molar-refractivity contribution in [2.75, 3.05) is 13.7 Å². The number of benzene rings is 1. The number of rotatable bonds is 6. The van der Waals surface area contributed by atoms with Crippen molar-refractivity contribution in [2.45, 2.75) is 25.4 Å². The quantitative estimate of drug-likeness (QED) is 0.850. The van der Waals surface area contributed by atoms with E-state index in [0.29, 0.717) is 12.3 Å². The number of ether oxygens (including phenoxy) is 1. The van der Waals surface area contributed by atoms with Gasteiger partial charge in [-0.2, -0.15) is 0 Å². The molecule has 0 aliphatic heterocycles. The smallest absolute Gasteiger partial charge is 0.133 e. The molecule has 1 aromatic heterocycles. The second-order valence-corrected chi connectivity index (χ2v) is 4.72. The first-order valence-corrected chi connectivity index (χ1v) is 6.80. The maximum absolute atomic E-state index is 10.5. The summed E-state index contributed by atoms with van der Waals surface area (Å²) in [6, 6.07) is 11.3. The molecule has 1 heterocycles. The Morgan fingerprint density at radius 1 is 1.30 bits per heavy atom. The van der Waals surface area contributed by atoms with Gasteiger partial charge < -0.3 is 20.0 Å². The molecule has 1 aromatic carbocycles. The van der Waals surface area contributed by atoms with Gasteiger partial charge in [0, 0.05) is 18.9 Å². The zero-order chi connectivity index (χ0) is 14.5. The van der Waals surface area contributed by atoms with Gasteiger partial charge in [-0.3, -0.25) is 0 Å². The first-order valence-electron chi connectivity index (χ1n) is 6.80. The van der Waals surface area contributed by atoms with E-state index < -0.39 is 6.10 Å². The Kier molecular flexibility index (Phi) is 4.82. The third-order valence-electron chi connectivity index (χ3n) is 3.48. The summed E-state index contributed by atoms with van der Waals surface area (Å²) in [7, 11) is 1.62. The van der Waals surface area contributed by atoms with Crippen LogP contribution in [0.2, 0.25) is 0 Å². The zero-order valence-electron chi connectivity index (χ0n) is 11.9. The summed E-state index contributed by atoms with van der Waals surface area (Å²) in [6.45, 7) is 2.34. The van der Waals surface area contributed by atoms with Crippen molar-refractivity contribution in [3.63, 3.8) is 0 Å². The molecule has 2 rings (SSSR count). The number of furan rings is 1. The van der Waals surface area contributed by atoms with Gasteiger partial charge in [0.1, 0.15) is 23.4 Å². The van der Waals surface area contributed by atoms with E-state index in [1.54, 1.807) is 7.11 Å². The van der Waals surface area contributed by atoms with E-state index in [9.17, 15) is 5.11 Å². The van der Waals surface area contributed by atoms with Crippen molar-refractivity contribution in [3.8, 4) is 5.75 Å². The number of methoxy groups -OCH3 is 1. The van der Waals surface area contributed by atoms with Gasteiger partial charge in [0.05, 0.1) is 7.11 Å². The number of hydrogen-bond acceptors (Lipinski definition) is 4. The highest BCUT2D eigenvalue weighted by Crippen LogP contribution is 2.32. The van der Waals surface area contributed by atoms with Crippen molar-refractivity contribution in [2.24, 2.45) is 5.73 Å². The lowest BCUT2D eigenvalue weighted by molar-refractivity contribution is 0.120. The fourth-order valence-electron chi connectivity index (χ4n) is 2.26. The van der Waals surface area contributed by atoms with Crippen LogP contribution in [0.25, 0.3) is 0 Å². The van der Waals surface area contributed by atoms with Crippen molar-refractivity contribution in [1.82, 2.24) is 0 Å². The zero-order valence-corrected chi connectivity index (χ0v) is 11.9. The Morgan fingerprint density at radius 2 is 2.10 bits per heavy atom. The van der Waals surface area contributed by atoms with Gasteiger partial charge in [-0.05, 0) is 29.8 Å². The third-order valence-corrected chi connectivity index (χ3v) is 3.48. The Morgan fingerprint density at radius 3 is 2.70 bits per heavy atom. The lowest BCUT2D eigenvalue weighted by atomic mass is 9.92. The molecule has 2 aromatic rings. The first kappa shape index (κ1) is 14.6. The number of hydrogen-bond donors (Lipinski definition) is 2. The molecule has 2 atom stereocenters. The van der Waals surface area contributed by atoms with Gasteiger partial charge in [0.25, 0.3) is 0 Å². The summed E-state index contributed by atoms with van der Waals surface area (Å²) < 4.78 is 10.8. The molecule has 0 bridgehead atoms. The van der Waals surface area contributed by atoms with Crippen molar-refractivity contribution in [3.05, 3.63) is 53.5 Å². The molecule has 2 unspecified atom stereocenters. The van der Waals surface area contributed by atoms with Crippen LogP contribution in [0, 0.1) is 0 Å². The lowest BCUT2D eigenvalue weighted by Gasteiger charge is -2.20. The Hall–Kier alpha value is -1.78. The average Bonchev–Trinajstić information content (AvgIpc) is 2.97. The number of nitrogens with two attached hydrogens (primary N) is 1. The van der Waals surface area contributed by atoms with Gasteiger partial charge in [-0.25, -0.2) is 0 Å².